The fourth-order valence-corrected chi connectivity index (χ4v) is 2.72. The normalized spacial score (nSPS) is 11.0. The number of guanidine groups is 1. The van der Waals surface area contributed by atoms with Crippen LogP contribution in [0, 0.1) is 0 Å². The van der Waals surface area contributed by atoms with E-state index in [1.807, 2.05) is 25.1 Å². The molecule has 0 aliphatic carbocycles. The van der Waals surface area contributed by atoms with Gasteiger partial charge < -0.3 is 20.1 Å². The second-order valence-corrected chi connectivity index (χ2v) is 6.47. The molecule has 0 radical (unpaired) electrons. The molecule has 0 spiro atoms. The predicted molar refractivity (Wildman–Crippen MR) is 131 cm³/mol. The minimum absolute atomic E-state index is 0. The van der Waals surface area contributed by atoms with Crippen molar-refractivity contribution in [3.63, 3.8) is 0 Å². The fraction of sp³-hybridized carbons (Fsp3) is 0.435. The van der Waals surface area contributed by atoms with Crippen LogP contribution in [0.3, 0.4) is 0 Å². The van der Waals surface area contributed by atoms with Crippen LogP contribution in [-0.4, -0.2) is 32.3 Å². The average Bonchev–Trinajstić information content (AvgIpc) is 2.73. The van der Waals surface area contributed by atoms with Crippen molar-refractivity contribution < 1.29 is 9.47 Å². The largest absolute Gasteiger partial charge is 0.382 e. The maximum Gasteiger partial charge on any atom is 0.191 e. The molecule has 0 aromatic heterocycles. The number of ether oxygens (including phenoxy) is 2. The van der Waals surface area contributed by atoms with Crippen LogP contribution in [0.2, 0.25) is 0 Å². The van der Waals surface area contributed by atoms with Gasteiger partial charge in [-0.1, -0.05) is 54.6 Å². The number of hydrogen-bond acceptors (Lipinski definition) is 3. The van der Waals surface area contributed by atoms with E-state index in [0.29, 0.717) is 19.8 Å². The van der Waals surface area contributed by atoms with Gasteiger partial charge in [0.05, 0.1) is 19.8 Å². The summed E-state index contributed by atoms with van der Waals surface area (Å²) in [5, 5.41) is 6.64. The van der Waals surface area contributed by atoms with Crippen LogP contribution >= 0.6 is 24.0 Å². The van der Waals surface area contributed by atoms with Crippen LogP contribution in [0.25, 0.3) is 0 Å². The minimum atomic E-state index is 0. The highest BCUT2D eigenvalue weighted by atomic mass is 127. The maximum absolute atomic E-state index is 5.84. The van der Waals surface area contributed by atoms with E-state index < -0.39 is 0 Å². The fourth-order valence-electron chi connectivity index (χ4n) is 2.72. The van der Waals surface area contributed by atoms with E-state index in [9.17, 15) is 0 Å². The zero-order chi connectivity index (χ0) is 19.9. The number of benzene rings is 2. The number of rotatable bonds is 12. The molecule has 2 aromatic carbocycles. The Morgan fingerprint density at radius 3 is 2.34 bits per heavy atom. The Hall–Kier alpha value is -1.64. The van der Waals surface area contributed by atoms with Crippen molar-refractivity contribution in [1.29, 1.82) is 0 Å². The van der Waals surface area contributed by atoms with E-state index in [4.69, 9.17) is 9.47 Å². The number of hydrogen-bond donors (Lipinski definition) is 2. The van der Waals surface area contributed by atoms with Crippen LogP contribution in [0.15, 0.2) is 59.6 Å². The van der Waals surface area contributed by atoms with Gasteiger partial charge in [-0.15, -0.1) is 24.0 Å². The lowest BCUT2D eigenvalue weighted by Gasteiger charge is -2.11. The minimum Gasteiger partial charge on any atom is -0.382 e. The first-order valence-electron chi connectivity index (χ1n) is 10.1. The van der Waals surface area contributed by atoms with E-state index in [1.54, 1.807) is 0 Å². The molecule has 0 unspecified atom stereocenters. The summed E-state index contributed by atoms with van der Waals surface area (Å²) < 4.78 is 11.2. The predicted octanol–water partition coefficient (Wildman–Crippen LogP) is 4.50. The molecule has 0 aliphatic heterocycles. The van der Waals surface area contributed by atoms with Gasteiger partial charge in [0.2, 0.25) is 0 Å². The van der Waals surface area contributed by atoms with E-state index in [1.165, 1.54) is 16.7 Å². The van der Waals surface area contributed by atoms with Crippen molar-refractivity contribution in [2.24, 2.45) is 4.99 Å². The number of nitrogens with one attached hydrogen (secondary N) is 2. The quantitative estimate of drug-likeness (QED) is 0.191. The highest BCUT2D eigenvalue weighted by molar-refractivity contribution is 14.0. The Morgan fingerprint density at radius 1 is 0.862 bits per heavy atom. The van der Waals surface area contributed by atoms with E-state index in [2.05, 4.69) is 58.9 Å². The van der Waals surface area contributed by atoms with Crippen LogP contribution in [0.1, 0.15) is 37.0 Å². The lowest BCUT2D eigenvalue weighted by Crippen LogP contribution is -2.38. The van der Waals surface area contributed by atoms with Crippen molar-refractivity contribution in [1.82, 2.24) is 10.6 Å². The summed E-state index contributed by atoms with van der Waals surface area (Å²) in [5.74, 6) is 0.838. The third-order valence-electron chi connectivity index (χ3n) is 4.10. The van der Waals surface area contributed by atoms with Gasteiger partial charge in [0.1, 0.15) is 0 Å². The molecule has 0 atom stereocenters. The molecule has 0 aliphatic rings. The first-order valence-corrected chi connectivity index (χ1v) is 10.1. The van der Waals surface area contributed by atoms with Gasteiger partial charge in [-0.05, 0) is 37.0 Å². The summed E-state index contributed by atoms with van der Waals surface area (Å²) in [4.78, 5) is 4.68. The number of halogens is 1. The standard InChI is InChI=1S/C23H33N3O2.HI/c1-3-24-23(25-14-9-15-27-4-2)26-17-21-12-8-13-22(16-21)19-28-18-20-10-6-5-7-11-20;/h5-8,10-13,16H,3-4,9,14-15,17-19H2,1-2H3,(H2,24,25,26);1H. The molecule has 0 saturated heterocycles. The third kappa shape index (κ3) is 11.2. The first kappa shape index (κ1) is 25.4. The molecule has 2 N–H and O–H groups in total. The summed E-state index contributed by atoms with van der Waals surface area (Å²) in [5.41, 5.74) is 3.53. The molecular weight excluding hydrogens is 477 g/mol. The van der Waals surface area contributed by atoms with Gasteiger partial charge in [0.15, 0.2) is 5.96 Å². The summed E-state index contributed by atoms with van der Waals surface area (Å²) in [6, 6.07) is 18.7. The maximum atomic E-state index is 5.84. The summed E-state index contributed by atoms with van der Waals surface area (Å²) in [6.45, 7) is 9.16. The summed E-state index contributed by atoms with van der Waals surface area (Å²) in [6.07, 6.45) is 0.965. The Kier molecular flexibility index (Phi) is 14.2. The van der Waals surface area contributed by atoms with Crippen LogP contribution in [0.4, 0.5) is 0 Å². The second-order valence-electron chi connectivity index (χ2n) is 6.47. The molecule has 6 heteroatoms. The lowest BCUT2D eigenvalue weighted by molar-refractivity contribution is 0.107. The van der Waals surface area contributed by atoms with Crippen molar-refractivity contribution in [3.8, 4) is 0 Å². The molecule has 0 bridgehead atoms. The highest BCUT2D eigenvalue weighted by Gasteiger charge is 2.00. The van der Waals surface area contributed by atoms with E-state index >= 15 is 0 Å². The van der Waals surface area contributed by atoms with Crippen LogP contribution in [-0.2, 0) is 29.2 Å². The van der Waals surface area contributed by atoms with Crippen molar-refractivity contribution >= 4 is 29.9 Å². The number of nitrogens with zero attached hydrogens (tertiary/aromatic N) is 1. The molecule has 160 valence electrons. The second kappa shape index (κ2) is 16.2. The molecule has 0 saturated carbocycles. The topological polar surface area (TPSA) is 54.9 Å². The zero-order valence-electron chi connectivity index (χ0n) is 17.5. The molecule has 29 heavy (non-hydrogen) atoms. The summed E-state index contributed by atoms with van der Waals surface area (Å²) >= 11 is 0. The Balaban J connectivity index is 0.00000420. The van der Waals surface area contributed by atoms with Crippen LogP contribution in [0.5, 0.6) is 0 Å². The highest BCUT2D eigenvalue weighted by Crippen LogP contribution is 2.10. The third-order valence-corrected chi connectivity index (χ3v) is 4.10. The molecule has 5 nitrogen and oxygen atoms in total. The van der Waals surface area contributed by atoms with Crippen LogP contribution < -0.4 is 10.6 Å². The smallest absolute Gasteiger partial charge is 0.191 e. The molecule has 0 fully saturated rings. The first-order chi connectivity index (χ1) is 13.8. The van der Waals surface area contributed by atoms with E-state index in [0.717, 1.165) is 38.7 Å². The average molecular weight is 511 g/mol. The molecular formula is C23H34IN3O2. The molecule has 2 aromatic rings. The zero-order valence-corrected chi connectivity index (χ0v) is 19.9. The van der Waals surface area contributed by atoms with Gasteiger partial charge in [-0.3, -0.25) is 0 Å². The number of aliphatic imine (C=N–C) groups is 1. The van der Waals surface area contributed by atoms with Crippen molar-refractivity contribution in [2.45, 2.75) is 40.0 Å². The van der Waals surface area contributed by atoms with Gasteiger partial charge in [0.25, 0.3) is 0 Å². The van der Waals surface area contributed by atoms with Gasteiger partial charge in [0, 0.05) is 26.3 Å². The SMILES string of the molecule is CCNC(=NCc1cccc(COCc2ccccc2)c1)NCCCOCC.I. The molecule has 0 amide bonds. The Bertz CT molecular complexity index is 696. The lowest BCUT2D eigenvalue weighted by atomic mass is 10.1. The van der Waals surface area contributed by atoms with Gasteiger partial charge in [-0.25, -0.2) is 4.99 Å². The van der Waals surface area contributed by atoms with Crippen molar-refractivity contribution in [2.75, 3.05) is 26.3 Å². The van der Waals surface area contributed by atoms with Gasteiger partial charge in [-0.2, -0.15) is 0 Å². The molecule has 0 heterocycles. The Labute approximate surface area is 192 Å². The van der Waals surface area contributed by atoms with Gasteiger partial charge >= 0.3 is 0 Å². The van der Waals surface area contributed by atoms with E-state index in [-0.39, 0.29) is 24.0 Å². The van der Waals surface area contributed by atoms with Crippen molar-refractivity contribution in [3.05, 3.63) is 71.3 Å². The monoisotopic (exact) mass is 511 g/mol. The Morgan fingerprint density at radius 2 is 1.59 bits per heavy atom. The molecule has 2 rings (SSSR count). The summed E-state index contributed by atoms with van der Waals surface area (Å²) in [7, 11) is 0.